The lowest BCUT2D eigenvalue weighted by atomic mass is 9.78. The number of carbonyl (C=O) groups is 3. The maximum atomic E-state index is 14.7. The number of hydrogen-bond donors (Lipinski definition) is 3. The van der Waals surface area contributed by atoms with Gasteiger partial charge in [-0.3, -0.25) is 14.5 Å². The van der Waals surface area contributed by atoms with Gasteiger partial charge in [0.25, 0.3) is 0 Å². The largest absolute Gasteiger partial charge is 0.478 e. The number of aromatic carboxylic acids is 1. The van der Waals surface area contributed by atoms with E-state index in [2.05, 4.69) is 10.6 Å². The van der Waals surface area contributed by atoms with Gasteiger partial charge in [-0.05, 0) is 36.6 Å². The molecule has 0 radical (unpaired) electrons. The van der Waals surface area contributed by atoms with Crippen LogP contribution in [0.5, 0.6) is 0 Å². The number of halogens is 1. The Hall–Kier alpha value is -3.26. The molecule has 2 aliphatic heterocycles. The lowest BCUT2D eigenvalue weighted by Gasteiger charge is -2.35. The average molecular weight is 439 g/mol. The monoisotopic (exact) mass is 439 g/mol. The van der Waals surface area contributed by atoms with E-state index in [0.717, 1.165) is 12.8 Å². The molecular formula is C24H26FN3O4. The second-order valence-corrected chi connectivity index (χ2v) is 8.55. The Morgan fingerprint density at radius 3 is 2.69 bits per heavy atom. The third kappa shape index (κ3) is 4.50. The van der Waals surface area contributed by atoms with Crippen molar-refractivity contribution in [2.24, 2.45) is 0 Å². The molecule has 2 atom stereocenters. The topological polar surface area (TPSA) is 98.7 Å². The van der Waals surface area contributed by atoms with E-state index in [1.54, 1.807) is 36.4 Å². The number of carboxylic acids is 1. The molecule has 2 aliphatic rings. The van der Waals surface area contributed by atoms with Crippen LogP contribution in [0.3, 0.4) is 0 Å². The fourth-order valence-electron chi connectivity index (χ4n) is 4.96. The Kier molecular flexibility index (Phi) is 6.23. The minimum absolute atomic E-state index is 0.0104. The van der Waals surface area contributed by atoms with Crippen LogP contribution in [-0.2, 0) is 9.59 Å². The summed E-state index contributed by atoms with van der Waals surface area (Å²) in [4.78, 5) is 38.5. The molecule has 2 fully saturated rings. The number of carbonyl (C=O) groups excluding carboxylic acids is 2. The molecule has 0 aliphatic carbocycles. The van der Waals surface area contributed by atoms with Crippen LogP contribution in [0.4, 0.5) is 10.1 Å². The number of nitrogens with zero attached hydrogens (tertiary/aromatic N) is 1. The van der Waals surface area contributed by atoms with Crippen molar-refractivity contribution in [2.75, 3.05) is 25.0 Å². The molecule has 4 rings (SSSR count). The third-order valence-corrected chi connectivity index (χ3v) is 6.36. The first-order valence-electron chi connectivity index (χ1n) is 10.8. The first-order valence-corrected chi connectivity index (χ1v) is 10.8. The lowest BCUT2D eigenvalue weighted by molar-refractivity contribution is -0.122. The maximum absolute atomic E-state index is 14.7. The number of benzene rings is 2. The Balaban J connectivity index is 1.55. The van der Waals surface area contributed by atoms with E-state index in [1.807, 2.05) is 4.90 Å². The number of carboxylic acid groups (broad SMARTS) is 1. The van der Waals surface area contributed by atoms with Gasteiger partial charge >= 0.3 is 5.97 Å². The van der Waals surface area contributed by atoms with Crippen LogP contribution in [0, 0.1) is 5.82 Å². The summed E-state index contributed by atoms with van der Waals surface area (Å²) in [5.74, 6) is -2.14. The third-order valence-electron chi connectivity index (χ3n) is 6.36. The number of amides is 2. The predicted octanol–water partition coefficient (Wildman–Crippen LogP) is 2.99. The average Bonchev–Trinajstić information content (AvgIpc) is 2.96. The number of nitrogens with one attached hydrogen (secondary N) is 2. The van der Waals surface area contributed by atoms with Crippen LogP contribution >= 0.6 is 0 Å². The van der Waals surface area contributed by atoms with Crippen molar-refractivity contribution in [1.82, 2.24) is 10.2 Å². The molecule has 3 N–H and O–H groups in total. The summed E-state index contributed by atoms with van der Waals surface area (Å²) in [5, 5.41) is 15.2. The highest BCUT2D eigenvalue weighted by Gasteiger charge is 2.49. The number of hydrogen-bond acceptors (Lipinski definition) is 4. The summed E-state index contributed by atoms with van der Waals surface area (Å²) in [5.41, 5.74) is 0.134. The molecule has 168 valence electrons. The summed E-state index contributed by atoms with van der Waals surface area (Å²) in [7, 11) is 0. The van der Waals surface area contributed by atoms with Crippen LogP contribution in [0.1, 0.15) is 47.5 Å². The Labute approximate surface area is 185 Å². The lowest BCUT2D eigenvalue weighted by Crippen LogP contribution is -2.53. The van der Waals surface area contributed by atoms with Crippen LogP contribution in [0.2, 0.25) is 0 Å². The van der Waals surface area contributed by atoms with E-state index >= 15 is 0 Å². The number of anilines is 1. The first kappa shape index (κ1) is 22.0. The summed E-state index contributed by atoms with van der Waals surface area (Å²) in [6.07, 6.45) is 2.77. The van der Waals surface area contributed by atoms with Crippen LogP contribution in [0.25, 0.3) is 0 Å². The Morgan fingerprint density at radius 1 is 1.16 bits per heavy atom. The molecule has 2 saturated heterocycles. The zero-order chi connectivity index (χ0) is 22.7. The second kappa shape index (κ2) is 9.08. The van der Waals surface area contributed by atoms with Crippen molar-refractivity contribution in [2.45, 2.75) is 37.1 Å². The van der Waals surface area contributed by atoms with Crippen LogP contribution < -0.4 is 10.6 Å². The SMILES string of the molecule is O=C(CN1C[C@@H](c2ccccc2F)[C@@]2(CCCCC(=O)N2)C1)Nc1ccccc1C(=O)O. The van der Waals surface area contributed by atoms with Gasteiger partial charge in [-0.2, -0.15) is 0 Å². The molecule has 0 saturated carbocycles. The van der Waals surface area contributed by atoms with E-state index in [0.29, 0.717) is 31.5 Å². The van der Waals surface area contributed by atoms with Crippen molar-refractivity contribution in [3.8, 4) is 0 Å². The highest BCUT2D eigenvalue weighted by atomic mass is 19.1. The first-order chi connectivity index (χ1) is 15.4. The quantitative estimate of drug-likeness (QED) is 0.665. The molecule has 1 spiro atoms. The van der Waals surface area contributed by atoms with Gasteiger partial charge in [0.2, 0.25) is 11.8 Å². The van der Waals surface area contributed by atoms with E-state index in [4.69, 9.17) is 0 Å². The molecule has 2 amide bonds. The molecule has 32 heavy (non-hydrogen) atoms. The van der Waals surface area contributed by atoms with Gasteiger partial charge in [-0.1, -0.05) is 36.8 Å². The van der Waals surface area contributed by atoms with Crippen LogP contribution in [0.15, 0.2) is 48.5 Å². The van der Waals surface area contributed by atoms with Gasteiger partial charge in [0, 0.05) is 25.4 Å². The standard InChI is InChI=1S/C24H26FN3O4/c25-19-9-3-1-7-16(19)18-13-28(15-24(18)12-6-5-11-21(29)27-24)14-22(30)26-20-10-4-2-8-17(20)23(31)32/h1-4,7-10,18H,5-6,11-15H2,(H,26,30)(H,27,29)(H,31,32)/t18-,24+/m0/s1. The molecular weight excluding hydrogens is 413 g/mol. The van der Waals surface area contributed by atoms with Gasteiger partial charge < -0.3 is 15.7 Å². The Bertz CT molecular complexity index is 1040. The zero-order valence-corrected chi connectivity index (χ0v) is 17.6. The molecule has 2 heterocycles. The number of likely N-dealkylation sites (tertiary alicyclic amines) is 1. The number of rotatable bonds is 5. The van der Waals surface area contributed by atoms with Gasteiger partial charge in [0.1, 0.15) is 5.82 Å². The minimum atomic E-state index is -1.12. The fourth-order valence-corrected chi connectivity index (χ4v) is 4.96. The van der Waals surface area contributed by atoms with E-state index in [9.17, 15) is 23.9 Å². The summed E-state index contributed by atoms with van der Waals surface area (Å²) in [6, 6.07) is 12.8. The molecule has 2 aromatic rings. The van der Waals surface area contributed by atoms with Crippen molar-refractivity contribution < 1.29 is 23.9 Å². The van der Waals surface area contributed by atoms with Crippen molar-refractivity contribution in [3.05, 3.63) is 65.5 Å². The smallest absolute Gasteiger partial charge is 0.337 e. The predicted molar refractivity (Wildman–Crippen MR) is 117 cm³/mol. The van der Waals surface area contributed by atoms with Gasteiger partial charge in [0.05, 0.1) is 23.3 Å². The van der Waals surface area contributed by atoms with Gasteiger partial charge in [0.15, 0.2) is 0 Å². The highest BCUT2D eigenvalue weighted by molar-refractivity contribution is 6.01. The summed E-state index contributed by atoms with van der Waals surface area (Å²) >= 11 is 0. The zero-order valence-electron chi connectivity index (χ0n) is 17.6. The van der Waals surface area contributed by atoms with Gasteiger partial charge in [-0.15, -0.1) is 0 Å². The Morgan fingerprint density at radius 2 is 1.91 bits per heavy atom. The van der Waals surface area contributed by atoms with Crippen molar-refractivity contribution >= 4 is 23.5 Å². The molecule has 0 aromatic heterocycles. The molecule has 7 nitrogen and oxygen atoms in total. The molecule has 8 heteroatoms. The second-order valence-electron chi connectivity index (χ2n) is 8.55. The summed E-state index contributed by atoms with van der Waals surface area (Å²) < 4.78 is 14.7. The highest BCUT2D eigenvalue weighted by Crippen LogP contribution is 2.41. The fraction of sp³-hybridized carbons (Fsp3) is 0.375. The molecule has 0 unspecified atom stereocenters. The van der Waals surface area contributed by atoms with Crippen molar-refractivity contribution in [1.29, 1.82) is 0 Å². The van der Waals surface area contributed by atoms with E-state index in [-0.39, 0.29) is 41.3 Å². The van der Waals surface area contributed by atoms with E-state index < -0.39 is 11.5 Å². The van der Waals surface area contributed by atoms with Gasteiger partial charge in [-0.25, -0.2) is 9.18 Å². The molecule has 0 bridgehead atoms. The minimum Gasteiger partial charge on any atom is -0.478 e. The van der Waals surface area contributed by atoms with E-state index in [1.165, 1.54) is 12.1 Å². The normalized spacial score (nSPS) is 23.5. The maximum Gasteiger partial charge on any atom is 0.337 e. The van der Waals surface area contributed by atoms with Crippen molar-refractivity contribution in [3.63, 3.8) is 0 Å². The molecule has 2 aromatic carbocycles. The number of para-hydroxylation sites is 1. The summed E-state index contributed by atoms with van der Waals surface area (Å²) in [6.45, 7) is 0.845. The van der Waals surface area contributed by atoms with Crippen LogP contribution in [-0.4, -0.2) is 53.0 Å².